The van der Waals surface area contributed by atoms with Gasteiger partial charge in [-0.05, 0) is 35.4 Å². The molecule has 158 valence electrons. The van der Waals surface area contributed by atoms with Gasteiger partial charge >= 0.3 is 0 Å². The highest BCUT2D eigenvalue weighted by Gasteiger charge is 2.33. The van der Waals surface area contributed by atoms with Gasteiger partial charge in [0.15, 0.2) is 0 Å². The van der Waals surface area contributed by atoms with Crippen LogP contribution < -0.4 is 15.4 Å². The van der Waals surface area contributed by atoms with E-state index in [1.54, 1.807) is 42.6 Å². The zero-order valence-electron chi connectivity index (χ0n) is 16.8. The minimum Gasteiger partial charge on any atom is -0.508 e. The first-order valence-electron chi connectivity index (χ1n) is 10.1. The van der Waals surface area contributed by atoms with Crippen LogP contribution in [0.25, 0.3) is 0 Å². The number of aromatic nitrogens is 1. The summed E-state index contributed by atoms with van der Waals surface area (Å²) in [4.78, 5) is 29.3. The van der Waals surface area contributed by atoms with E-state index in [1.165, 1.54) is 0 Å². The molecule has 1 aromatic heterocycles. The van der Waals surface area contributed by atoms with E-state index in [1.807, 2.05) is 30.3 Å². The molecule has 1 fully saturated rings. The van der Waals surface area contributed by atoms with Crippen molar-refractivity contribution in [1.29, 1.82) is 0 Å². The van der Waals surface area contributed by atoms with Gasteiger partial charge < -0.3 is 20.5 Å². The number of carbonyl (C=O) groups is 2. The number of hydrogen-bond acceptors (Lipinski definition) is 5. The number of carbonyl (C=O) groups excluding carboxylic acids is 2. The second-order valence-electron chi connectivity index (χ2n) is 7.46. The lowest BCUT2D eigenvalue weighted by molar-refractivity contribution is -0.136. The summed E-state index contributed by atoms with van der Waals surface area (Å²) < 4.78 is 5.73. The normalized spacial score (nSPS) is 18.2. The third kappa shape index (κ3) is 5.39. The summed E-state index contributed by atoms with van der Waals surface area (Å²) in [6, 6.07) is 18.7. The lowest BCUT2D eigenvalue weighted by Gasteiger charge is -2.29. The van der Waals surface area contributed by atoms with Gasteiger partial charge in [0, 0.05) is 18.5 Å². The average molecular weight is 417 g/mol. The molecule has 7 nitrogen and oxygen atoms in total. The summed E-state index contributed by atoms with van der Waals surface area (Å²) >= 11 is 0. The topological polar surface area (TPSA) is 101 Å². The molecule has 1 saturated heterocycles. The Kier molecular flexibility index (Phi) is 6.12. The summed E-state index contributed by atoms with van der Waals surface area (Å²) in [7, 11) is 0. The van der Waals surface area contributed by atoms with E-state index in [9.17, 15) is 14.7 Å². The number of hydrogen-bond donors (Lipinski definition) is 3. The smallest absolute Gasteiger partial charge is 0.243 e. The van der Waals surface area contributed by atoms with Gasteiger partial charge in [-0.25, -0.2) is 0 Å². The van der Waals surface area contributed by atoms with Crippen molar-refractivity contribution in [2.45, 2.75) is 31.5 Å². The predicted octanol–water partition coefficient (Wildman–Crippen LogP) is 2.13. The molecule has 31 heavy (non-hydrogen) atoms. The maximum Gasteiger partial charge on any atom is 0.243 e. The van der Waals surface area contributed by atoms with E-state index < -0.39 is 12.1 Å². The van der Waals surface area contributed by atoms with Gasteiger partial charge in [-0.2, -0.15) is 0 Å². The number of rotatable bonds is 7. The van der Waals surface area contributed by atoms with Crippen molar-refractivity contribution in [3.05, 3.63) is 89.7 Å². The number of nitrogens with one attached hydrogen (secondary N) is 2. The zero-order chi connectivity index (χ0) is 21.6. The predicted molar refractivity (Wildman–Crippen MR) is 114 cm³/mol. The number of pyridine rings is 1. The summed E-state index contributed by atoms with van der Waals surface area (Å²) in [6.07, 6.45) is 2.27. The molecule has 3 aromatic rings. The number of piperazine rings is 1. The van der Waals surface area contributed by atoms with Gasteiger partial charge in [-0.3, -0.25) is 14.6 Å². The van der Waals surface area contributed by atoms with Crippen LogP contribution in [0.2, 0.25) is 0 Å². The fourth-order valence-electron chi connectivity index (χ4n) is 3.40. The Morgan fingerprint density at radius 1 is 0.806 bits per heavy atom. The Morgan fingerprint density at radius 3 is 2.13 bits per heavy atom. The van der Waals surface area contributed by atoms with Crippen LogP contribution in [0.1, 0.15) is 16.8 Å². The maximum atomic E-state index is 12.5. The van der Waals surface area contributed by atoms with Gasteiger partial charge in [0.1, 0.15) is 30.2 Å². The van der Waals surface area contributed by atoms with Gasteiger partial charge in [-0.15, -0.1) is 0 Å². The van der Waals surface area contributed by atoms with Crippen LogP contribution in [-0.2, 0) is 29.0 Å². The molecule has 2 heterocycles. The van der Waals surface area contributed by atoms with Gasteiger partial charge in [-0.1, -0.05) is 42.5 Å². The van der Waals surface area contributed by atoms with Crippen LogP contribution in [0.15, 0.2) is 72.9 Å². The summed E-state index contributed by atoms with van der Waals surface area (Å²) in [5, 5.41) is 14.9. The lowest BCUT2D eigenvalue weighted by atomic mass is 10.00. The van der Waals surface area contributed by atoms with Crippen LogP contribution >= 0.6 is 0 Å². The second kappa shape index (κ2) is 9.30. The Bertz CT molecular complexity index is 1040. The van der Waals surface area contributed by atoms with Crippen molar-refractivity contribution in [1.82, 2.24) is 15.6 Å². The second-order valence-corrected chi connectivity index (χ2v) is 7.46. The van der Waals surface area contributed by atoms with E-state index in [0.29, 0.717) is 30.9 Å². The van der Waals surface area contributed by atoms with E-state index in [2.05, 4.69) is 15.6 Å². The molecule has 2 aromatic carbocycles. The highest BCUT2D eigenvalue weighted by atomic mass is 16.5. The number of nitrogens with zero attached hydrogens (tertiary/aromatic N) is 1. The first-order chi connectivity index (χ1) is 15.1. The minimum absolute atomic E-state index is 0.157. The molecule has 2 atom stereocenters. The molecular weight excluding hydrogens is 394 g/mol. The fourth-order valence-corrected chi connectivity index (χ4v) is 3.40. The molecule has 2 unspecified atom stereocenters. The van der Waals surface area contributed by atoms with Crippen LogP contribution in [-0.4, -0.2) is 34.0 Å². The molecule has 1 aliphatic heterocycles. The monoisotopic (exact) mass is 417 g/mol. The van der Waals surface area contributed by atoms with Crippen molar-refractivity contribution >= 4 is 11.8 Å². The van der Waals surface area contributed by atoms with Crippen LogP contribution in [0.3, 0.4) is 0 Å². The minimum atomic E-state index is -0.674. The van der Waals surface area contributed by atoms with Crippen molar-refractivity contribution in [2.75, 3.05) is 0 Å². The van der Waals surface area contributed by atoms with Crippen molar-refractivity contribution in [3.8, 4) is 11.5 Å². The van der Waals surface area contributed by atoms with Gasteiger partial charge in [0.25, 0.3) is 0 Å². The molecule has 0 saturated carbocycles. The molecule has 4 rings (SSSR count). The molecule has 7 heteroatoms. The Hall–Kier alpha value is -3.87. The number of benzene rings is 2. The maximum absolute atomic E-state index is 12.5. The quantitative estimate of drug-likeness (QED) is 0.547. The molecule has 0 radical (unpaired) electrons. The molecular formula is C24H23N3O4. The summed E-state index contributed by atoms with van der Waals surface area (Å²) in [5.74, 6) is 0.318. The number of aromatic hydroxyl groups is 1. The Labute approximate surface area is 180 Å². The molecule has 0 bridgehead atoms. The lowest BCUT2D eigenvalue weighted by Crippen LogP contribution is -2.62. The van der Waals surface area contributed by atoms with Crippen LogP contribution in [0.4, 0.5) is 0 Å². The number of ether oxygens (including phenoxy) is 1. The Balaban J connectivity index is 1.30. The van der Waals surface area contributed by atoms with E-state index in [-0.39, 0.29) is 17.6 Å². The standard InChI is InChI=1S/C24H23N3O4/c28-19-9-6-16(7-10-19)12-21-23(29)27-22(24(30)26-21)13-18-8-11-20(14-25-18)31-15-17-4-2-1-3-5-17/h1-11,14,21-22,28H,12-13,15H2,(H,26,30)(H,27,29). The summed E-state index contributed by atoms with van der Waals surface area (Å²) in [5.41, 5.74) is 2.60. The number of amides is 2. The largest absolute Gasteiger partial charge is 0.508 e. The fraction of sp³-hybridized carbons (Fsp3) is 0.208. The zero-order valence-corrected chi connectivity index (χ0v) is 16.8. The van der Waals surface area contributed by atoms with E-state index in [0.717, 1.165) is 11.1 Å². The third-order valence-corrected chi connectivity index (χ3v) is 5.10. The van der Waals surface area contributed by atoms with Crippen molar-refractivity contribution in [2.24, 2.45) is 0 Å². The highest BCUT2D eigenvalue weighted by molar-refractivity contribution is 5.97. The highest BCUT2D eigenvalue weighted by Crippen LogP contribution is 2.15. The van der Waals surface area contributed by atoms with Gasteiger partial charge in [0.2, 0.25) is 11.8 Å². The number of phenols is 1. The third-order valence-electron chi connectivity index (χ3n) is 5.10. The average Bonchev–Trinajstić information content (AvgIpc) is 2.79. The SMILES string of the molecule is O=C1NC(Cc2ccc(OCc3ccccc3)cn2)C(=O)NC1Cc1ccc(O)cc1. The van der Waals surface area contributed by atoms with Crippen LogP contribution in [0, 0.1) is 0 Å². The number of phenolic OH excluding ortho intramolecular Hbond substituents is 1. The molecule has 0 aliphatic carbocycles. The van der Waals surface area contributed by atoms with Crippen molar-refractivity contribution in [3.63, 3.8) is 0 Å². The molecule has 3 N–H and O–H groups in total. The Morgan fingerprint density at radius 2 is 1.48 bits per heavy atom. The van der Waals surface area contributed by atoms with E-state index in [4.69, 9.17) is 4.74 Å². The molecule has 2 amide bonds. The first kappa shape index (κ1) is 20.4. The molecule has 0 spiro atoms. The van der Waals surface area contributed by atoms with Crippen LogP contribution in [0.5, 0.6) is 11.5 Å². The van der Waals surface area contributed by atoms with Crippen molar-refractivity contribution < 1.29 is 19.4 Å². The summed E-state index contributed by atoms with van der Waals surface area (Å²) in [6.45, 7) is 0.450. The van der Waals surface area contributed by atoms with Gasteiger partial charge in [0.05, 0.1) is 6.20 Å². The first-order valence-corrected chi connectivity index (χ1v) is 10.1. The molecule has 1 aliphatic rings. The van der Waals surface area contributed by atoms with E-state index >= 15 is 0 Å².